The minimum atomic E-state index is 0.413. The first-order chi connectivity index (χ1) is 7.81. The Morgan fingerprint density at radius 2 is 1.94 bits per heavy atom. The molecule has 16 heavy (non-hydrogen) atoms. The Bertz CT molecular complexity index is 267. The summed E-state index contributed by atoms with van der Waals surface area (Å²) in [5.41, 5.74) is 1.18. The van der Waals surface area contributed by atoms with Crippen LogP contribution >= 0.6 is 0 Å². The van der Waals surface area contributed by atoms with Gasteiger partial charge in [0, 0.05) is 12.2 Å². The molecule has 2 nitrogen and oxygen atoms in total. The van der Waals surface area contributed by atoms with Gasteiger partial charge < -0.3 is 5.32 Å². The quantitative estimate of drug-likeness (QED) is 0.760. The summed E-state index contributed by atoms with van der Waals surface area (Å²) in [5, 5.41) is 3.54. The molecule has 1 aromatic heterocycles. The first-order valence-corrected chi connectivity index (χ1v) is 6.46. The Hall–Kier alpha value is -0.890. The average Bonchev–Trinajstić information content (AvgIpc) is 2.35. The minimum Gasteiger partial charge on any atom is -0.309 e. The van der Waals surface area contributed by atoms with E-state index in [1.165, 1.54) is 25.0 Å². The van der Waals surface area contributed by atoms with E-state index in [4.69, 9.17) is 0 Å². The van der Waals surface area contributed by atoms with E-state index < -0.39 is 0 Å². The van der Waals surface area contributed by atoms with Gasteiger partial charge in [0.15, 0.2) is 0 Å². The molecule has 2 heteroatoms. The molecule has 0 aliphatic rings. The van der Waals surface area contributed by atoms with E-state index in [1.54, 1.807) is 0 Å². The molecule has 90 valence electrons. The van der Waals surface area contributed by atoms with E-state index in [0.29, 0.717) is 6.04 Å². The zero-order valence-electron chi connectivity index (χ0n) is 10.7. The first-order valence-electron chi connectivity index (χ1n) is 6.46. The van der Waals surface area contributed by atoms with Crippen molar-refractivity contribution in [2.75, 3.05) is 6.54 Å². The molecule has 1 rings (SSSR count). The van der Waals surface area contributed by atoms with Crippen LogP contribution in [0.25, 0.3) is 0 Å². The molecular weight excluding hydrogens is 196 g/mol. The van der Waals surface area contributed by atoms with Crippen LogP contribution in [0.4, 0.5) is 0 Å². The molecule has 0 radical (unpaired) electrons. The van der Waals surface area contributed by atoms with Crippen LogP contribution in [-0.2, 0) is 0 Å². The second-order valence-electron chi connectivity index (χ2n) is 4.28. The number of hydrogen-bond acceptors (Lipinski definition) is 2. The van der Waals surface area contributed by atoms with Crippen LogP contribution < -0.4 is 5.32 Å². The lowest BCUT2D eigenvalue weighted by Crippen LogP contribution is -2.24. The topological polar surface area (TPSA) is 24.9 Å². The largest absolute Gasteiger partial charge is 0.309 e. The third-order valence-corrected chi connectivity index (χ3v) is 3.22. The monoisotopic (exact) mass is 220 g/mol. The zero-order valence-corrected chi connectivity index (χ0v) is 10.7. The molecule has 0 saturated carbocycles. The van der Waals surface area contributed by atoms with Crippen LogP contribution in [0, 0.1) is 5.92 Å². The van der Waals surface area contributed by atoms with Crippen molar-refractivity contribution in [1.82, 2.24) is 10.3 Å². The number of rotatable bonds is 7. The summed E-state index contributed by atoms with van der Waals surface area (Å²) in [7, 11) is 0. The van der Waals surface area contributed by atoms with Crippen LogP contribution in [0.1, 0.15) is 51.8 Å². The summed E-state index contributed by atoms with van der Waals surface area (Å²) in [6.07, 6.45) is 5.58. The van der Waals surface area contributed by atoms with Crippen LogP contribution in [-0.4, -0.2) is 11.5 Å². The summed E-state index contributed by atoms with van der Waals surface area (Å²) in [4.78, 5) is 4.46. The second kappa shape index (κ2) is 7.39. The van der Waals surface area contributed by atoms with Gasteiger partial charge >= 0.3 is 0 Å². The van der Waals surface area contributed by atoms with Crippen LogP contribution in [0.15, 0.2) is 24.4 Å². The van der Waals surface area contributed by atoms with Crippen LogP contribution in [0.2, 0.25) is 0 Å². The molecule has 0 bridgehead atoms. The van der Waals surface area contributed by atoms with E-state index in [-0.39, 0.29) is 0 Å². The summed E-state index contributed by atoms with van der Waals surface area (Å²) in [6, 6.07) is 6.58. The Kier molecular flexibility index (Phi) is 6.09. The number of nitrogens with zero attached hydrogens (tertiary/aromatic N) is 1. The van der Waals surface area contributed by atoms with E-state index in [1.807, 2.05) is 12.3 Å². The third kappa shape index (κ3) is 3.93. The van der Waals surface area contributed by atoms with Gasteiger partial charge in [0.2, 0.25) is 0 Å². The highest BCUT2D eigenvalue weighted by molar-refractivity contribution is 5.08. The van der Waals surface area contributed by atoms with E-state index in [2.05, 4.69) is 43.2 Å². The fourth-order valence-corrected chi connectivity index (χ4v) is 2.09. The lowest BCUT2D eigenvalue weighted by atomic mass is 9.93. The Balaban J connectivity index is 2.67. The lowest BCUT2D eigenvalue weighted by Gasteiger charge is -2.22. The summed E-state index contributed by atoms with van der Waals surface area (Å²) >= 11 is 0. The van der Waals surface area contributed by atoms with Crippen LogP contribution in [0.5, 0.6) is 0 Å². The number of pyridine rings is 1. The van der Waals surface area contributed by atoms with Crippen molar-refractivity contribution in [1.29, 1.82) is 0 Å². The van der Waals surface area contributed by atoms with Gasteiger partial charge in [0.05, 0.1) is 5.69 Å². The Morgan fingerprint density at radius 1 is 1.19 bits per heavy atom. The van der Waals surface area contributed by atoms with Crippen molar-refractivity contribution < 1.29 is 0 Å². The summed E-state index contributed by atoms with van der Waals surface area (Å²) in [5.74, 6) is 0.797. The average molecular weight is 220 g/mol. The minimum absolute atomic E-state index is 0.413. The van der Waals surface area contributed by atoms with Gasteiger partial charge in [-0.1, -0.05) is 39.7 Å². The van der Waals surface area contributed by atoms with Crippen molar-refractivity contribution in [2.45, 2.75) is 46.1 Å². The summed E-state index contributed by atoms with van der Waals surface area (Å²) in [6.45, 7) is 7.70. The molecule has 0 fully saturated rings. The fourth-order valence-electron chi connectivity index (χ4n) is 2.09. The molecule has 0 spiro atoms. The molecular formula is C14H24N2. The number of hydrogen-bond donors (Lipinski definition) is 1. The van der Waals surface area contributed by atoms with Crippen molar-refractivity contribution >= 4 is 0 Å². The van der Waals surface area contributed by atoms with Crippen molar-refractivity contribution in [3.8, 4) is 0 Å². The Morgan fingerprint density at radius 3 is 2.44 bits per heavy atom. The van der Waals surface area contributed by atoms with Crippen molar-refractivity contribution in [3.05, 3.63) is 30.1 Å². The second-order valence-corrected chi connectivity index (χ2v) is 4.28. The number of nitrogens with one attached hydrogen (secondary N) is 1. The van der Waals surface area contributed by atoms with Gasteiger partial charge in [0.1, 0.15) is 0 Å². The molecule has 1 unspecified atom stereocenters. The zero-order chi connectivity index (χ0) is 11.8. The van der Waals surface area contributed by atoms with Crippen LogP contribution in [0.3, 0.4) is 0 Å². The van der Waals surface area contributed by atoms with E-state index in [9.17, 15) is 0 Å². The standard InChI is InChI=1S/C14H24N2/c1-4-12(5-2)11-14(15-6-3)13-9-7-8-10-16-13/h7-10,12,14-15H,4-6,11H2,1-3H3. The first kappa shape index (κ1) is 13.2. The van der Waals surface area contributed by atoms with Gasteiger partial charge in [-0.15, -0.1) is 0 Å². The van der Waals surface area contributed by atoms with Gasteiger partial charge in [-0.2, -0.15) is 0 Å². The summed E-state index contributed by atoms with van der Waals surface area (Å²) < 4.78 is 0. The molecule has 0 aromatic carbocycles. The smallest absolute Gasteiger partial charge is 0.0573 e. The fraction of sp³-hybridized carbons (Fsp3) is 0.643. The molecule has 1 N–H and O–H groups in total. The maximum Gasteiger partial charge on any atom is 0.0573 e. The maximum atomic E-state index is 4.46. The van der Waals surface area contributed by atoms with E-state index in [0.717, 1.165) is 12.5 Å². The van der Waals surface area contributed by atoms with E-state index >= 15 is 0 Å². The number of aromatic nitrogens is 1. The SMILES string of the molecule is CCNC(CC(CC)CC)c1ccccn1. The van der Waals surface area contributed by atoms with Crippen molar-refractivity contribution in [2.24, 2.45) is 5.92 Å². The molecule has 1 heterocycles. The molecule has 1 aromatic rings. The van der Waals surface area contributed by atoms with Gasteiger partial charge in [-0.05, 0) is 31.0 Å². The maximum absolute atomic E-state index is 4.46. The molecule has 0 aliphatic carbocycles. The normalized spacial score (nSPS) is 13.0. The highest BCUT2D eigenvalue weighted by Gasteiger charge is 2.15. The third-order valence-electron chi connectivity index (χ3n) is 3.22. The molecule has 0 aliphatic heterocycles. The molecule has 1 atom stereocenters. The van der Waals surface area contributed by atoms with Gasteiger partial charge in [-0.3, -0.25) is 4.98 Å². The molecule has 0 amide bonds. The lowest BCUT2D eigenvalue weighted by molar-refractivity contribution is 0.371. The predicted molar refractivity (Wildman–Crippen MR) is 69.3 cm³/mol. The highest BCUT2D eigenvalue weighted by Crippen LogP contribution is 2.23. The Labute approximate surface area is 99.5 Å². The molecule has 0 saturated heterocycles. The van der Waals surface area contributed by atoms with Gasteiger partial charge in [0.25, 0.3) is 0 Å². The van der Waals surface area contributed by atoms with Gasteiger partial charge in [-0.25, -0.2) is 0 Å². The highest BCUT2D eigenvalue weighted by atomic mass is 14.9. The van der Waals surface area contributed by atoms with Crippen molar-refractivity contribution in [3.63, 3.8) is 0 Å². The predicted octanol–water partition coefficient (Wildman–Crippen LogP) is 3.56.